The molecule has 0 amide bonds. The zero-order valence-electron chi connectivity index (χ0n) is 49.4. The van der Waals surface area contributed by atoms with Crippen LogP contribution in [0.5, 0.6) is 0 Å². The smallest absolute Gasteiger partial charge is 0.252 e. The first-order chi connectivity index (χ1) is 43.3. The molecule has 13 aromatic carbocycles. The van der Waals surface area contributed by atoms with Crippen molar-refractivity contribution >= 4 is 101 Å². The number of benzene rings is 13. The minimum absolute atomic E-state index is 0.0587. The molecule has 0 aliphatic carbocycles. The number of para-hydroxylation sites is 6. The summed E-state index contributed by atoms with van der Waals surface area (Å²) in [7, 11) is 0. The minimum atomic E-state index is -0.182. The molecule has 0 saturated carbocycles. The van der Waals surface area contributed by atoms with Gasteiger partial charge in [0.15, 0.2) is 0 Å². The highest BCUT2D eigenvalue weighted by atomic mass is 15.2. The summed E-state index contributed by atoms with van der Waals surface area (Å²) in [5, 5.41) is 4.95. The molecular formula is C83H61BN4. The maximum absolute atomic E-state index is 2.69. The van der Waals surface area contributed by atoms with Gasteiger partial charge in [-0.2, -0.15) is 0 Å². The van der Waals surface area contributed by atoms with Gasteiger partial charge in [0.1, 0.15) is 0 Å². The van der Waals surface area contributed by atoms with E-state index in [1.807, 2.05) is 0 Å². The van der Waals surface area contributed by atoms with Crippen LogP contribution in [-0.4, -0.2) is 15.8 Å². The number of nitrogens with zero attached hydrogens (tertiary/aromatic N) is 4. The lowest BCUT2D eigenvalue weighted by Gasteiger charge is -2.46. The first-order valence-electron chi connectivity index (χ1n) is 30.8. The average molecular weight is 1130 g/mol. The molecule has 0 bridgehead atoms. The van der Waals surface area contributed by atoms with Crippen LogP contribution in [-0.2, 0) is 6.42 Å². The van der Waals surface area contributed by atoms with E-state index in [4.69, 9.17) is 0 Å². The largest absolute Gasteiger partial charge is 0.310 e. The molecule has 2 aromatic heterocycles. The highest BCUT2D eigenvalue weighted by Gasteiger charge is 2.46. The lowest BCUT2D eigenvalue weighted by Crippen LogP contribution is -2.61. The van der Waals surface area contributed by atoms with Crippen LogP contribution in [0.3, 0.4) is 0 Å². The number of anilines is 6. The molecule has 4 nitrogen and oxygen atoms in total. The summed E-state index contributed by atoms with van der Waals surface area (Å²) in [6.45, 7) is 6.97. The standard InChI is InChI=1S/C83H61BN4/c1-83(2,3)54-55-50-78-80-79(51-55)88(82-64(58-30-12-6-13-31-58)40-25-41-65(82)59-32-14-7-15-33-59)77-53-61(86-74-44-22-18-36-68(74)69-37-19-23-45-75(69)86)47-49-71(77)84(80)70-48-46-60(85-72-42-20-16-34-66(72)67-35-17-21-43-73(67)85)52-76(70)87(78)81-62(56-26-8-4-9-27-56)38-24-39-63(81)57-28-10-5-11-29-57/h4-53H,54H2,1-3H3. The summed E-state index contributed by atoms with van der Waals surface area (Å²) in [5.41, 5.74) is 28.1. The summed E-state index contributed by atoms with van der Waals surface area (Å²) in [5.74, 6) is 0. The van der Waals surface area contributed by atoms with E-state index in [0.717, 1.165) is 85.1 Å². The van der Waals surface area contributed by atoms with Gasteiger partial charge >= 0.3 is 0 Å². The topological polar surface area (TPSA) is 16.3 Å². The molecule has 416 valence electrons. The summed E-state index contributed by atoms with van der Waals surface area (Å²) in [6.07, 6.45) is 0.847. The number of hydrogen-bond donors (Lipinski definition) is 0. The Bertz CT molecular complexity index is 4690. The van der Waals surface area contributed by atoms with E-state index < -0.39 is 0 Å². The van der Waals surface area contributed by atoms with Gasteiger partial charge in [-0.15, -0.1) is 0 Å². The molecule has 0 fully saturated rings. The molecule has 2 aliphatic heterocycles. The fourth-order valence-corrected chi connectivity index (χ4v) is 14.9. The SMILES string of the molecule is CC(C)(C)Cc1cc2c3c(c1)N(c1c(-c4ccccc4)cccc1-c1ccccc1)c1cc(-n4c5ccccc5c5ccccc54)ccc1B3c1ccc(-n3c4ccccc4c4ccccc43)cc1N2c1c(-c2ccccc2)cccc1-c1ccccc1. The number of fused-ring (bicyclic) bond motifs is 10. The van der Waals surface area contributed by atoms with Crippen LogP contribution in [0.15, 0.2) is 303 Å². The molecular weight excluding hydrogens is 1060 g/mol. The number of aromatic nitrogens is 2. The van der Waals surface area contributed by atoms with Crippen molar-refractivity contribution < 1.29 is 0 Å². The Morgan fingerprint density at radius 3 is 0.920 bits per heavy atom. The minimum Gasteiger partial charge on any atom is -0.310 e. The van der Waals surface area contributed by atoms with Crippen molar-refractivity contribution in [2.45, 2.75) is 27.2 Å². The maximum atomic E-state index is 2.69. The van der Waals surface area contributed by atoms with Gasteiger partial charge in [-0.25, -0.2) is 0 Å². The molecule has 0 spiro atoms. The Hall–Kier alpha value is -10.9. The zero-order valence-corrected chi connectivity index (χ0v) is 49.4. The summed E-state index contributed by atoms with van der Waals surface area (Å²) < 4.78 is 4.98. The summed E-state index contributed by atoms with van der Waals surface area (Å²) >= 11 is 0. The molecule has 0 saturated heterocycles. The number of hydrogen-bond acceptors (Lipinski definition) is 2. The van der Waals surface area contributed by atoms with E-state index in [1.165, 1.54) is 76.9 Å². The Morgan fingerprint density at radius 2 is 0.602 bits per heavy atom. The maximum Gasteiger partial charge on any atom is 0.252 e. The Labute approximate surface area is 514 Å². The fraction of sp³-hybridized carbons (Fsp3) is 0.0602. The summed E-state index contributed by atoms with van der Waals surface area (Å²) in [6, 6.07) is 114. The van der Waals surface area contributed by atoms with Gasteiger partial charge in [0.25, 0.3) is 6.71 Å². The van der Waals surface area contributed by atoms with Crippen LogP contribution in [0.1, 0.15) is 26.3 Å². The predicted molar refractivity (Wildman–Crippen MR) is 374 cm³/mol. The second-order valence-electron chi connectivity index (χ2n) is 25.0. The third kappa shape index (κ3) is 8.22. The van der Waals surface area contributed by atoms with Crippen molar-refractivity contribution in [1.29, 1.82) is 0 Å². The lowest BCUT2D eigenvalue weighted by atomic mass is 9.33. The first-order valence-corrected chi connectivity index (χ1v) is 30.8. The lowest BCUT2D eigenvalue weighted by molar-refractivity contribution is 0.411. The van der Waals surface area contributed by atoms with Crippen molar-refractivity contribution in [3.63, 3.8) is 0 Å². The monoisotopic (exact) mass is 1120 g/mol. The van der Waals surface area contributed by atoms with E-state index in [1.54, 1.807) is 0 Å². The zero-order chi connectivity index (χ0) is 58.6. The van der Waals surface area contributed by atoms with Crippen LogP contribution in [0.2, 0.25) is 0 Å². The third-order valence-electron chi connectivity index (χ3n) is 18.4. The quantitative estimate of drug-likeness (QED) is 0.134. The Balaban J connectivity index is 1.05. The molecule has 0 atom stereocenters. The van der Waals surface area contributed by atoms with E-state index in [0.29, 0.717) is 0 Å². The van der Waals surface area contributed by atoms with E-state index >= 15 is 0 Å². The Morgan fingerprint density at radius 1 is 0.295 bits per heavy atom. The molecule has 0 N–H and O–H groups in total. The predicted octanol–water partition coefficient (Wildman–Crippen LogP) is 20.2. The van der Waals surface area contributed by atoms with Crippen LogP contribution >= 0.6 is 0 Å². The molecule has 0 radical (unpaired) electrons. The van der Waals surface area contributed by atoms with Gasteiger partial charge in [0.05, 0.1) is 33.4 Å². The molecule has 17 rings (SSSR count). The van der Waals surface area contributed by atoms with Crippen LogP contribution in [0.25, 0.3) is 99.5 Å². The van der Waals surface area contributed by atoms with Gasteiger partial charge in [0, 0.05) is 77.9 Å². The van der Waals surface area contributed by atoms with Crippen LogP contribution in [0, 0.1) is 5.41 Å². The number of rotatable bonds is 9. The van der Waals surface area contributed by atoms with Gasteiger partial charge in [-0.05, 0) is 117 Å². The molecule has 4 heterocycles. The normalized spacial score (nSPS) is 12.7. The highest BCUT2D eigenvalue weighted by molar-refractivity contribution is 7.00. The molecule has 15 aromatic rings. The van der Waals surface area contributed by atoms with Crippen molar-refractivity contribution in [2.75, 3.05) is 9.80 Å². The van der Waals surface area contributed by atoms with Crippen molar-refractivity contribution in [3.05, 3.63) is 309 Å². The van der Waals surface area contributed by atoms with E-state index in [9.17, 15) is 0 Å². The van der Waals surface area contributed by atoms with Gasteiger partial charge < -0.3 is 18.9 Å². The first kappa shape index (κ1) is 51.5. The van der Waals surface area contributed by atoms with Crippen LogP contribution in [0.4, 0.5) is 34.1 Å². The van der Waals surface area contributed by atoms with Crippen LogP contribution < -0.4 is 26.2 Å². The van der Waals surface area contributed by atoms with E-state index in [-0.39, 0.29) is 12.1 Å². The van der Waals surface area contributed by atoms with Crippen molar-refractivity contribution in [1.82, 2.24) is 9.13 Å². The fourth-order valence-electron chi connectivity index (χ4n) is 14.9. The van der Waals surface area contributed by atoms with Crippen molar-refractivity contribution in [2.24, 2.45) is 5.41 Å². The van der Waals surface area contributed by atoms with Crippen molar-refractivity contribution in [3.8, 4) is 55.9 Å². The van der Waals surface area contributed by atoms with E-state index in [2.05, 4.69) is 343 Å². The second kappa shape index (κ2) is 20.4. The third-order valence-corrected chi connectivity index (χ3v) is 18.4. The highest BCUT2D eigenvalue weighted by Crippen LogP contribution is 2.54. The molecule has 2 aliphatic rings. The molecule has 0 unspecified atom stereocenters. The Kier molecular flexibility index (Phi) is 11.9. The molecule has 5 heteroatoms. The average Bonchev–Trinajstić information content (AvgIpc) is 0.946. The second-order valence-corrected chi connectivity index (χ2v) is 25.0. The summed E-state index contributed by atoms with van der Waals surface area (Å²) in [4.78, 5) is 5.38. The molecule has 88 heavy (non-hydrogen) atoms. The van der Waals surface area contributed by atoms with Gasteiger partial charge in [-0.1, -0.05) is 263 Å². The van der Waals surface area contributed by atoms with Gasteiger partial charge in [-0.3, -0.25) is 0 Å². The van der Waals surface area contributed by atoms with Gasteiger partial charge in [0.2, 0.25) is 0 Å².